The van der Waals surface area contributed by atoms with Crippen LogP contribution >= 0.6 is 0 Å². The van der Waals surface area contributed by atoms with E-state index < -0.39 is 10.0 Å². The Balaban J connectivity index is 2.35. The van der Waals surface area contributed by atoms with Crippen LogP contribution in [0.3, 0.4) is 0 Å². The number of piperidine rings is 1. The number of nitrogens with one attached hydrogen (secondary N) is 2. The molecule has 5 nitrogen and oxygen atoms in total. The number of ether oxygens (including phenoxy) is 1. The first-order valence-corrected chi connectivity index (χ1v) is 9.25. The molecule has 1 unspecified atom stereocenters. The van der Waals surface area contributed by atoms with Gasteiger partial charge in [-0.2, -0.15) is 0 Å². The van der Waals surface area contributed by atoms with Gasteiger partial charge in [0, 0.05) is 12.6 Å². The molecule has 1 saturated heterocycles. The van der Waals surface area contributed by atoms with Crippen molar-refractivity contribution in [1.29, 1.82) is 0 Å². The van der Waals surface area contributed by atoms with Gasteiger partial charge in [0.1, 0.15) is 5.75 Å². The summed E-state index contributed by atoms with van der Waals surface area (Å²) in [4.78, 5) is 0.350. The maximum absolute atomic E-state index is 12.7. The van der Waals surface area contributed by atoms with E-state index >= 15 is 0 Å². The van der Waals surface area contributed by atoms with Crippen LogP contribution in [0.25, 0.3) is 0 Å². The molecule has 0 bridgehead atoms. The van der Waals surface area contributed by atoms with Crippen molar-refractivity contribution in [2.24, 2.45) is 0 Å². The first-order valence-electron chi connectivity index (χ1n) is 7.76. The average molecular weight is 326 g/mol. The lowest BCUT2D eigenvalue weighted by molar-refractivity contribution is 0.406. The highest BCUT2D eigenvalue weighted by molar-refractivity contribution is 7.89. The van der Waals surface area contributed by atoms with Gasteiger partial charge >= 0.3 is 0 Å². The number of rotatable bonds is 5. The molecule has 1 heterocycles. The lowest BCUT2D eigenvalue weighted by Gasteiger charge is -2.24. The van der Waals surface area contributed by atoms with Gasteiger partial charge in [0.15, 0.2) is 0 Å². The highest BCUT2D eigenvalue weighted by Gasteiger charge is 2.25. The molecule has 124 valence electrons. The van der Waals surface area contributed by atoms with Crippen LogP contribution in [-0.4, -0.2) is 34.7 Å². The number of hydrogen-bond acceptors (Lipinski definition) is 4. The molecule has 2 N–H and O–H groups in total. The second kappa shape index (κ2) is 6.98. The van der Waals surface area contributed by atoms with Gasteiger partial charge in [0.05, 0.1) is 12.0 Å². The zero-order valence-corrected chi connectivity index (χ0v) is 14.6. The Morgan fingerprint density at radius 2 is 2.09 bits per heavy atom. The minimum atomic E-state index is -3.52. The molecule has 1 aromatic rings. The van der Waals surface area contributed by atoms with E-state index in [0.717, 1.165) is 30.7 Å². The standard InChI is InChI=1S/C16H26N2O3S/c1-11(2)14-9-16(12(3)8-15(14)21-4)22(19,20)18-13-6-5-7-17-10-13/h8-9,11,13,17-18H,5-7,10H2,1-4H3. The van der Waals surface area contributed by atoms with Crippen molar-refractivity contribution in [3.05, 3.63) is 23.3 Å². The third-order valence-corrected chi connectivity index (χ3v) is 5.72. The van der Waals surface area contributed by atoms with E-state index in [4.69, 9.17) is 4.74 Å². The minimum absolute atomic E-state index is 0.0391. The first kappa shape index (κ1) is 17.2. The molecule has 0 aliphatic carbocycles. The van der Waals surface area contributed by atoms with E-state index in [0.29, 0.717) is 17.0 Å². The number of methoxy groups -OCH3 is 1. The van der Waals surface area contributed by atoms with Crippen molar-refractivity contribution >= 4 is 10.0 Å². The Morgan fingerprint density at radius 3 is 2.64 bits per heavy atom. The molecule has 22 heavy (non-hydrogen) atoms. The normalized spacial score (nSPS) is 19.4. The van der Waals surface area contributed by atoms with Crippen LogP contribution < -0.4 is 14.8 Å². The van der Waals surface area contributed by atoms with E-state index in [2.05, 4.69) is 10.0 Å². The van der Waals surface area contributed by atoms with Crippen LogP contribution in [0.4, 0.5) is 0 Å². The van der Waals surface area contributed by atoms with Crippen molar-refractivity contribution in [3.63, 3.8) is 0 Å². The van der Waals surface area contributed by atoms with Crippen molar-refractivity contribution < 1.29 is 13.2 Å². The monoisotopic (exact) mass is 326 g/mol. The maximum Gasteiger partial charge on any atom is 0.241 e. The first-order chi connectivity index (χ1) is 10.3. The molecule has 0 radical (unpaired) electrons. The summed E-state index contributed by atoms with van der Waals surface area (Å²) in [5.41, 5.74) is 1.62. The smallest absolute Gasteiger partial charge is 0.241 e. The maximum atomic E-state index is 12.7. The molecule has 1 fully saturated rings. The molecule has 0 saturated carbocycles. The van der Waals surface area contributed by atoms with Gasteiger partial charge in [-0.05, 0) is 55.5 Å². The quantitative estimate of drug-likeness (QED) is 0.870. The van der Waals surface area contributed by atoms with Gasteiger partial charge < -0.3 is 10.1 Å². The number of hydrogen-bond donors (Lipinski definition) is 2. The zero-order valence-electron chi connectivity index (χ0n) is 13.8. The Kier molecular flexibility index (Phi) is 5.47. The van der Waals surface area contributed by atoms with Gasteiger partial charge in [0.25, 0.3) is 0 Å². The second-order valence-corrected chi connectivity index (χ2v) is 7.86. The summed E-state index contributed by atoms with van der Waals surface area (Å²) in [6.45, 7) is 7.51. The molecule has 1 aliphatic rings. The Morgan fingerprint density at radius 1 is 1.36 bits per heavy atom. The fourth-order valence-electron chi connectivity index (χ4n) is 2.83. The fraction of sp³-hybridized carbons (Fsp3) is 0.625. The molecule has 1 atom stereocenters. The van der Waals surface area contributed by atoms with Crippen molar-refractivity contribution in [2.45, 2.75) is 50.5 Å². The van der Waals surface area contributed by atoms with Crippen LogP contribution in [-0.2, 0) is 10.0 Å². The minimum Gasteiger partial charge on any atom is -0.496 e. The van der Waals surface area contributed by atoms with E-state index in [1.165, 1.54) is 0 Å². The van der Waals surface area contributed by atoms with Gasteiger partial charge in [-0.15, -0.1) is 0 Å². The SMILES string of the molecule is COc1cc(C)c(S(=O)(=O)NC2CCCNC2)cc1C(C)C. The number of sulfonamides is 1. The van der Waals surface area contributed by atoms with Crippen molar-refractivity contribution in [2.75, 3.05) is 20.2 Å². The predicted octanol–water partition coefficient (Wildman–Crippen LogP) is 2.16. The van der Waals surface area contributed by atoms with Crippen LogP contribution in [0, 0.1) is 6.92 Å². The molecule has 2 rings (SSSR count). The fourth-order valence-corrected chi connectivity index (χ4v) is 4.36. The van der Waals surface area contributed by atoms with E-state index in [9.17, 15) is 8.42 Å². The van der Waals surface area contributed by atoms with Crippen LogP contribution in [0.15, 0.2) is 17.0 Å². The summed E-state index contributed by atoms with van der Waals surface area (Å²) in [6.07, 6.45) is 1.87. The summed E-state index contributed by atoms with van der Waals surface area (Å²) >= 11 is 0. The van der Waals surface area contributed by atoms with Gasteiger partial charge in [-0.3, -0.25) is 0 Å². The highest BCUT2D eigenvalue weighted by atomic mass is 32.2. The molecule has 1 aromatic carbocycles. The molecule has 1 aliphatic heterocycles. The molecule has 6 heteroatoms. The Hall–Kier alpha value is -1.11. The number of aryl methyl sites for hydroxylation is 1. The molecule has 0 aromatic heterocycles. The van der Waals surface area contributed by atoms with Gasteiger partial charge in [0.2, 0.25) is 10.0 Å². The largest absolute Gasteiger partial charge is 0.496 e. The summed E-state index contributed by atoms with van der Waals surface area (Å²) in [5.74, 6) is 0.937. The molecular formula is C16H26N2O3S. The molecule has 0 amide bonds. The topological polar surface area (TPSA) is 67.4 Å². The van der Waals surface area contributed by atoms with Crippen molar-refractivity contribution in [1.82, 2.24) is 10.0 Å². The molecule has 0 spiro atoms. The highest BCUT2D eigenvalue weighted by Crippen LogP contribution is 2.31. The second-order valence-electron chi connectivity index (χ2n) is 6.18. The van der Waals surface area contributed by atoms with Gasteiger partial charge in [-0.1, -0.05) is 13.8 Å². The summed E-state index contributed by atoms with van der Waals surface area (Å²) < 4.78 is 33.6. The Bertz CT molecular complexity index is 621. The third kappa shape index (κ3) is 3.80. The van der Waals surface area contributed by atoms with Crippen LogP contribution in [0.2, 0.25) is 0 Å². The van der Waals surface area contributed by atoms with Crippen LogP contribution in [0.1, 0.15) is 43.7 Å². The summed E-state index contributed by atoms with van der Waals surface area (Å²) in [5, 5.41) is 3.22. The van der Waals surface area contributed by atoms with E-state index in [1.54, 1.807) is 20.1 Å². The predicted molar refractivity (Wildman–Crippen MR) is 88.0 cm³/mol. The van der Waals surface area contributed by atoms with Gasteiger partial charge in [-0.25, -0.2) is 13.1 Å². The zero-order chi connectivity index (χ0) is 16.3. The number of benzene rings is 1. The third-order valence-electron chi connectivity index (χ3n) is 4.06. The summed E-state index contributed by atoms with van der Waals surface area (Å²) in [7, 11) is -1.91. The lowest BCUT2D eigenvalue weighted by atomic mass is 10.0. The summed E-state index contributed by atoms with van der Waals surface area (Å²) in [6, 6.07) is 3.52. The van der Waals surface area contributed by atoms with E-state index in [1.807, 2.05) is 19.9 Å². The molecular weight excluding hydrogens is 300 g/mol. The Labute approximate surface area is 133 Å². The lowest BCUT2D eigenvalue weighted by Crippen LogP contribution is -2.45. The average Bonchev–Trinajstić information content (AvgIpc) is 2.46. The van der Waals surface area contributed by atoms with Crippen LogP contribution in [0.5, 0.6) is 5.75 Å². The van der Waals surface area contributed by atoms with E-state index in [-0.39, 0.29) is 12.0 Å². The van der Waals surface area contributed by atoms with Crippen molar-refractivity contribution in [3.8, 4) is 5.75 Å².